The van der Waals surface area contributed by atoms with Crippen molar-refractivity contribution in [2.75, 3.05) is 44.6 Å². The number of carbonyl (C=O) groups is 4. The van der Waals surface area contributed by atoms with Crippen LogP contribution in [0.4, 0.5) is 15.3 Å². The molecule has 3 N–H and O–H groups in total. The van der Waals surface area contributed by atoms with Gasteiger partial charge in [0.2, 0.25) is 11.8 Å². The molecule has 6 amide bonds. The van der Waals surface area contributed by atoms with Gasteiger partial charge in [0.15, 0.2) is 0 Å². The fraction of sp³-hybridized carbons (Fsp3) is 0.545. The Morgan fingerprint density at radius 1 is 0.938 bits per heavy atom. The van der Waals surface area contributed by atoms with Gasteiger partial charge in [-0.05, 0) is 43.4 Å². The molecule has 32 heavy (non-hydrogen) atoms. The van der Waals surface area contributed by atoms with E-state index in [0.29, 0.717) is 38.4 Å². The highest BCUT2D eigenvalue weighted by atomic mass is 16.2. The number of urea groups is 2. The van der Waals surface area contributed by atoms with E-state index >= 15 is 0 Å². The molecule has 3 fully saturated rings. The lowest BCUT2D eigenvalue weighted by Gasteiger charge is -2.30. The highest BCUT2D eigenvalue weighted by molar-refractivity contribution is 5.94. The van der Waals surface area contributed by atoms with Crippen LogP contribution in [-0.4, -0.2) is 83.9 Å². The molecule has 0 atom stereocenters. The summed E-state index contributed by atoms with van der Waals surface area (Å²) >= 11 is 0. The number of carbonyl (C=O) groups excluding carboxylic acids is 4. The van der Waals surface area contributed by atoms with E-state index in [-0.39, 0.29) is 43.0 Å². The first-order valence-corrected chi connectivity index (χ1v) is 11.2. The summed E-state index contributed by atoms with van der Waals surface area (Å²) in [6, 6.07) is 7.22. The molecule has 4 rings (SSSR count). The Kier molecular flexibility index (Phi) is 6.77. The Labute approximate surface area is 187 Å². The van der Waals surface area contributed by atoms with Crippen LogP contribution in [0.1, 0.15) is 31.2 Å². The zero-order valence-corrected chi connectivity index (χ0v) is 18.1. The summed E-state index contributed by atoms with van der Waals surface area (Å²) < 4.78 is 0. The largest absolute Gasteiger partial charge is 0.338 e. The molecular formula is C22H30N6O4. The molecule has 0 unspecified atom stereocenters. The van der Waals surface area contributed by atoms with Gasteiger partial charge in [0, 0.05) is 44.5 Å². The van der Waals surface area contributed by atoms with Crippen LogP contribution < -0.4 is 16.0 Å². The second kappa shape index (κ2) is 9.88. The predicted octanol–water partition coefficient (Wildman–Crippen LogP) is 0.947. The number of nitrogens with zero attached hydrogens (tertiary/aromatic N) is 3. The van der Waals surface area contributed by atoms with Crippen molar-refractivity contribution in [3.05, 3.63) is 29.8 Å². The fourth-order valence-corrected chi connectivity index (χ4v) is 3.98. The average Bonchev–Trinajstić information content (AvgIpc) is 3.61. The first-order chi connectivity index (χ1) is 15.5. The first-order valence-electron chi connectivity index (χ1n) is 11.2. The summed E-state index contributed by atoms with van der Waals surface area (Å²) in [6.07, 6.45) is 3.64. The number of rotatable bonds is 8. The molecule has 10 heteroatoms. The van der Waals surface area contributed by atoms with Gasteiger partial charge in [-0.25, -0.2) is 9.59 Å². The van der Waals surface area contributed by atoms with Crippen molar-refractivity contribution in [1.82, 2.24) is 25.3 Å². The van der Waals surface area contributed by atoms with E-state index in [2.05, 4.69) is 16.0 Å². The van der Waals surface area contributed by atoms with Gasteiger partial charge in [0.25, 0.3) is 0 Å². The molecule has 1 saturated carbocycles. The number of nitrogens with one attached hydrogen (secondary N) is 3. The maximum absolute atomic E-state index is 12.9. The minimum atomic E-state index is -0.246. The molecule has 1 aromatic carbocycles. The van der Waals surface area contributed by atoms with E-state index in [1.165, 1.54) is 4.90 Å². The van der Waals surface area contributed by atoms with Gasteiger partial charge in [-0.15, -0.1) is 0 Å². The van der Waals surface area contributed by atoms with Crippen molar-refractivity contribution in [2.45, 2.75) is 38.3 Å². The first kappa shape index (κ1) is 21.9. The van der Waals surface area contributed by atoms with Crippen LogP contribution in [0.15, 0.2) is 24.3 Å². The van der Waals surface area contributed by atoms with Gasteiger partial charge in [0.05, 0.1) is 0 Å². The second-order valence-corrected chi connectivity index (χ2v) is 8.51. The van der Waals surface area contributed by atoms with Crippen molar-refractivity contribution in [1.29, 1.82) is 0 Å². The van der Waals surface area contributed by atoms with Crippen molar-refractivity contribution in [3.8, 4) is 0 Å². The summed E-state index contributed by atoms with van der Waals surface area (Å²) in [5.41, 5.74) is 1.60. The molecule has 10 nitrogen and oxygen atoms in total. The third-order valence-electron chi connectivity index (χ3n) is 5.90. The van der Waals surface area contributed by atoms with Crippen LogP contribution in [-0.2, 0) is 16.1 Å². The molecule has 3 aliphatic rings. The van der Waals surface area contributed by atoms with Gasteiger partial charge in [-0.3, -0.25) is 9.59 Å². The molecule has 1 aliphatic carbocycles. The Morgan fingerprint density at radius 2 is 1.53 bits per heavy atom. The van der Waals surface area contributed by atoms with Crippen molar-refractivity contribution < 1.29 is 19.2 Å². The van der Waals surface area contributed by atoms with E-state index in [0.717, 1.165) is 31.2 Å². The van der Waals surface area contributed by atoms with Crippen LogP contribution in [0, 0.1) is 0 Å². The Hall–Kier alpha value is -3.30. The highest BCUT2D eigenvalue weighted by Gasteiger charge is 2.34. The lowest BCUT2D eigenvalue weighted by molar-refractivity contribution is -0.133. The summed E-state index contributed by atoms with van der Waals surface area (Å²) in [5, 5.41) is 8.32. The van der Waals surface area contributed by atoms with E-state index in [1.807, 2.05) is 17.0 Å². The second-order valence-electron chi connectivity index (χ2n) is 8.51. The number of anilines is 1. The van der Waals surface area contributed by atoms with Crippen molar-refractivity contribution >= 4 is 29.6 Å². The monoisotopic (exact) mass is 442 g/mol. The van der Waals surface area contributed by atoms with Crippen LogP contribution in [0.25, 0.3) is 0 Å². The fourth-order valence-electron chi connectivity index (χ4n) is 3.98. The zero-order valence-electron chi connectivity index (χ0n) is 18.1. The number of hydrogen-bond acceptors (Lipinski definition) is 4. The SMILES string of the molecule is O=C(CN1CCCNC1=O)Nc1ccc(CN(C(=O)CN2CCCNC2=O)C2CC2)cc1. The Bertz CT molecular complexity index is 870. The van der Waals surface area contributed by atoms with Gasteiger partial charge >= 0.3 is 12.1 Å². The number of hydrogen-bond donors (Lipinski definition) is 3. The molecule has 2 saturated heterocycles. The van der Waals surface area contributed by atoms with Crippen molar-refractivity contribution in [2.24, 2.45) is 0 Å². The van der Waals surface area contributed by atoms with Crippen LogP contribution in [0.2, 0.25) is 0 Å². The summed E-state index contributed by atoms with van der Waals surface area (Å²) in [5.74, 6) is -0.286. The van der Waals surface area contributed by atoms with Gasteiger partial charge in [-0.1, -0.05) is 12.1 Å². The minimum Gasteiger partial charge on any atom is -0.338 e. The molecule has 0 spiro atoms. The van der Waals surface area contributed by atoms with Gasteiger partial charge in [-0.2, -0.15) is 0 Å². The van der Waals surface area contributed by atoms with E-state index in [9.17, 15) is 19.2 Å². The normalized spacial score (nSPS) is 18.6. The number of benzene rings is 1. The van der Waals surface area contributed by atoms with Gasteiger partial charge in [0.1, 0.15) is 13.1 Å². The molecule has 0 bridgehead atoms. The maximum atomic E-state index is 12.9. The molecular weight excluding hydrogens is 412 g/mol. The molecule has 1 aromatic rings. The molecule has 0 aromatic heterocycles. The summed E-state index contributed by atoms with van der Waals surface area (Å²) in [4.78, 5) is 53.8. The quantitative estimate of drug-likeness (QED) is 0.556. The lowest BCUT2D eigenvalue weighted by Crippen LogP contribution is -2.51. The molecule has 172 valence electrons. The van der Waals surface area contributed by atoms with E-state index in [4.69, 9.17) is 0 Å². The van der Waals surface area contributed by atoms with E-state index in [1.54, 1.807) is 17.0 Å². The summed E-state index contributed by atoms with van der Waals surface area (Å²) in [6.45, 7) is 3.06. The molecule has 2 aliphatic heterocycles. The lowest BCUT2D eigenvalue weighted by atomic mass is 10.2. The van der Waals surface area contributed by atoms with Crippen LogP contribution in [0.3, 0.4) is 0 Å². The van der Waals surface area contributed by atoms with Crippen LogP contribution in [0.5, 0.6) is 0 Å². The number of amides is 6. The molecule has 2 heterocycles. The van der Waals surface area contributed by atoms with E-state index < -0.39 is 0 Å². The third-order valence-corrected chi connectivity index (χ3v) is 5.90. The Morgan fingerprint density at radius 3 is 2.09 bits per heavy atom. The minimum absolute atomic E-state index is 0.0155. The third kappa shape index (κ3) is 5.68. The zero-order chi connectivity index (χ0) is 22.5. The standard InChI is InChI=1S/C22H30N6O4/c29-19(14-26-11-1-9-23-21(26)31)25-17-5-3-16(4-6-17)13-28(18-7-8-18)20(30)15-27-12-2-10-24-22(27)32/h3-6,18H,1-2,7-15H2,(H,23,31)(H,24,32)(H,25,29). The topological polar surface area (TPSA) is 114 Å². The van der Waals surface area contributed by atoms with Gasteiger partial charge < -0.3 is 30.7 Å². The predicted molar refractivity (Wildman–Crippen MR) is 118 cm³/mol. The van der Waals surface area contributed by atoms with Crippen molar-refractivity contribution in [3.63, 3.8) is 0 Å². The maximum Gasteiger partial charge on any atom is 0.317 e. The smallest absolute Gasteiger partial charge is 0.317 e. The van der Waals surface area contributed by atoms with Crippen LogP contribution >= 0.6 is 0 Å². The molecule has 0 radical (unpaired) electrons. The average molecular weight is 443 g/mol. The highest BCUT2D eigenvalue weighted by Crippen LogP contribution is 2.29. The summed E-state index contributed by atoms with van der Waals surface area (Å²) in [7, 11) is 0. The Balaban J connectivity index is 1.30.